The Balaban J connectivity index is 1.93. The summed E-state index contributed by atoms with van der Waals surface area (Å²) >= 11 is 2.01. The fraction of sp³-hybridized carbons (Fsp3) is 0.778. The quantitative estimate of drug-likeness (QED) is 0.726. The predicted molar refractivity (Wildman–Crippen MR) is 64.0 cm³/mol. The van der Waals surface area contributed by atoms with Crippen molar-refractivity contribution in [2.75, 3.05) is 16.8 Å². The number of nitrogens with two attached hydrogens (primary N) is 1. The molecule has 4 N–H and O–H groups in total. The molecule has 1 aliphatic rings. The summed E-state index contributed by atoms with van der Waals surface area (Å²) in [7, 11) is 0. The van der Waals surface area contributed by atoms with Crippen molar-refractivity contribution in [3.05, 3.63) is 0 Å². The van der Waals surface area contributed by atoms with E-state index in [1.54, 1.807) is 0 Å². The van der Waals surface area contributed by atoms with Crippen LogP contribution in [0.3, 0.4) is 0 Å². The van der Waals surface area contributed by atoms with E-state index in [4.69, 9.17) is 5.73 Å². The third kappa shape index (κ3) is 2.56. The zero-order valence-corrected chi connectivity index (χ0v) is 9.68. The molecule has 0 aliphatic heterocycles. The van der Waals surface area contributed by atoms with Gasteiger partial charge in [0.15, 0.2) is 0 Å². The van der Waals surface area contributed by atoms with Gasteiger partial charge in [0.1, 0.15) is 0 Å². The normalized spacial score (nSPS) is 25.7. The van der Waals surface area contributed by atoms with Gasteiger partial charge in [-0.2, -0.15) is 16.7 Å². The SMILES string of the molecule is CCSC1CCCC1Nc1n[nH]c(N)n1. The second kappa shape index (κ2) is 4.74. The molecule has 2 atom stereocenters. The minimum atomic E-state index is 0.371. The maximum absolute atomic E-state index is 5.47. The maximum atomic E-state index is 5.47. The lowest BCUT2D eigenvalue weighted by Crippen LogP contribution is -2.26. The number of nitrogen functional groups attached to an aromatic ring is 1. The van der Waals surface area contributed by atoms with Crippen molar-refractivity contribution in [1.82, 2.24) is 15.2 Å². The smallest absolute Gasteiger partial charge is 0.243 e. The standard InChI is InChI=1S/C9H17N5S/c1-2-15-7-5-3-4-6(7)11-9-12-8(10)13-14-9/h6-7H,2-5H2,1H3,(H4,10,11,12,13,14). The Bertz CT molecular complexity index is 313. The highest BCUT2D eigenvalue weighted by Crippen LogP contribution is 2.31. The molecule has 0 radical (unpaired) electrons. The van der Waals surface area contributed by atoms with Crippen LogP contribution in [0, 0.1) is 0 Å². The van der Waals surface area contributed by atoms with Crippen LogP contribution in [0.1, 0.15) is 26.2 Å². The van der Waals surface area contributed by atoms with Crippen molar-refractivity contribution >= 4 is 23.7 Å². The fourth-order valence-corrected chi connectivity index (χ4v) is 3.21. The average Bonchev–Trinajstić information content (AvgIpc) is 2.78. The number of hydrogen-bond acceptors (Lipinski definition) is 5. The predicted octanol–water partition coefficient (Wildman–Crippen LogP) is 1.47. The molecule has 1 saturated carbocycles. The number of hydrogen-bond donors (Lipinski definition) is 3. The third-order valence-electron chi connectivity index (χ3n) is 2.65. The van der Waals surface area contributed by atoms with Crippen LogP contribution in [0.5, 0.6) is 0 Å². The first-order valence-corrected chi connectivity index (χ1v) is 6.40. The van der Waals surface area contributed by atoms with E-state index >= 15 is 0 Å². The van der Waals surface area contributed by atoms with Crippen LogP contribution in [-0.2, 0) is 0 Å². The second-order valence-electron chi connectivity index (χ2n) is 3.72. The molecule has 0 amide bonds. The summed E-state index contributed by atoms with van der Waals surface area (Å²) in [5, 5.41) is 10.7. The number of H-pyrrole nitrogens is 1. The van der Waals surface area contributed by atoms with E-state index in [0.717, 1.165) is 0 Å². The molecule has 84 valence electrons. The van der Waals surface area contributed by atoms with E-state index in [-0.39, 0.29) is 0 Å². The van der Waals surface area contributed by atoms with Crippen LogP contribution in [-0.4, -0.2) is 32.2 Å². The summed E-state index contributed by atoms with van der Waals surface area (Å²) in [5.74, 6) is 2.16. The van der Waals surface area contributed by atoms with Gasteiger partial charge in [-0.25, -0.2) is 5.10 Å². The molecule has 1 fully saturated rings. The Morgan fingerprint density at radius 3 is 3.13 bits per heavy atom. The van der Waals surface area contributed by atoms with Crippen LogP contribution in [0.2, 0.25) is 0 Å². The summed E-state index contributed by atoms with van der Waals surface area (Å²) in [6, 6.07) is 0.491. The van der Waals surface area contributed by atoms with Crippen molar-refractivity contribution in [3.8, 4) is 0 Å². The number of aromatic amines is 1. The molecular weight excluding hydrogens is 210 g/mol. The zero-order valence-electron chi connectivity index (χ0n) is 8.86. The van der Waals surface area contributed by atoms with E-state index < -0.39 is 0 Å². The van der Waals surface area contributed by atoms with Gasteiger partial charge in [0.2, 0.25) is 11.9 Å². The lowest BCUT2D eigenvalue weighted by atomic mass is 10.2. The van der Waals surface area contributed by atoms with Gasteiger partial charge >= 0.3 is 0 Å². The van der Waals surface area contributed by atoms with E-state index in [2.05, 4.69) is 27.4 Å². The first kappa shape index (κ1) is 10.6. The first-order chi connectivity index (χ1) is 7.29. The van der Waals surface area contributed by atoms with Gasteiger partial charge in [0.25, 0.3) is 0 Å². The van der Waals surface area contributed by atoms with Crippen LogP contribution in [0.4, 0.5) is 11.9 Å². The van der Waals surface area contributed by atoms with Crippen molar-refractivity contribution in [3.63, 3.8) is 0 Å². The molecule has 2 unspecified atom stereocenters. The topological polar surface area (TPSA) is 79.6 Å². The summed E-state index contributed by atoms with van der Waals surface area (Å²) in [5.41, 5.74) is 5.47. The summed E-state index contributed by atoms with van der Waals surface area (Å²) in [4.78, 5) is 4.06. The van der Waals surface area contributed by atoms with E-state index in [9.17, 15) is 0 Å². The lowest BCUT2D eigenvalue weighted by molar-refractivity contribution is 0.757. The Labute approximate surface area is 93.6 Å². The lowest BCUT2D eigenvalue weighted by Gasteiger charge is -2.18. The first-order valence-electron chi connectivity index (χ1n) is 5.35. The van der Waals surface area contributed by atoms with Gasteiger partial charge in [0, 0.05) is 11.3 Å². The highest BCUT2D eigenvalue weighted by molar-refractivity contribution is 7.99. The van der Waals surface area contributed by atoms with Crippen molar-refractivity contribution in [1.29, 1.82) is 0 Å². The van der Waals surface area contributed by atoms with Gasteiger partial charge in [-0.3, -0.25) is 0 Å². The van der Waals surface area contributed by atoms with Crippen LogP contribution < -0.4 is 11.1 Å². The molecule has 0 spiro atoms. The average molecular weight is 227 g/mol. The minimum absolute atomic E-state index is 0.371. The molecule has 0 aromatic carbocycles. The number of nitrogens with zero attached hydrogens (tertiary/aromatic N) is 2. The van der Waals surface area contributed by atoms with Crippen molar-refractivity contribution in [2.24, 2.45) is 0 Å². The summed E-state index contributed by atoms with van der Waals surface area (Å²) in [6.45, 7) is 2.20. The van der Waals surface area contributed by atoms with E-state index in [0.29, 0.717) is 23.2 Å². The summed E-state index contributed by atoms with van der Waals surface area (Å²) in [6.07, 6.45) is 3.78. The molecule has 2 rings (SSSR count). The number of rotatable bonds is 4. The molecular formula is C9H17N5S. The minimum Gasteiger partial charge on any atom is -0.368 e. The maximum Gasteiger partial charge on any atom is 0.243 e. The van der Waals surface area contributed by atoms with Crippen LogP contribution in [0.15, 0.2) is 0 Å². The van der Waals surface area contributed by atoms with Gasteiger partial charge in [0.05, 0.1) is 0 Å². The number of nitrogens with one attached hydrogen (secondary N) is 2. The van der Waals surface area contributed by atoms with Crippen molar-refractivity contribution in [2.45, 2.75) is 37.5 Å². The zero-order chi connectivity index (χ0) is 10.7. The molecule has 0 saturated heterocycles. The Kier molecular flexibility index (Phi) is 3.35. The molecule has 15 heavy (non-hydrogen) atoms. The largest absolute Gasteiger partial charge is 0.368 e. The van der Waals surface area contributed by atoms with Crippen molar-refractivity contribution < 1.29 is 0 Å². The molecule has 6 heteroatoms. The summed E-state index contributed by atoms with van der Waals surface area (Å²) < 4.78 is 0. The van der Waals surface area contributed by atoms with Crippen LogP contribution >= 0.6 is 11.8 Å². The van der Waals surface area contributed by atoms with Gasteiger partial charge in [-0.15, -0.1) is 5.10 Å². The highest BCUT2D eigenvalue weighted by atomic mass is 32.2. The highest BCUT2D eigenvalue weighted by Gasteiger charge is 2.27. The van der Waals surface area contributed by atoms with Gasteiger partial charge in [-0.05, 0) is 18.6 Å². The molecule has 1 aliphatic carbocycles. The molecule has 1 heterocycles. The fourth-order valence-electron chi connectivity index (χ4n) is 2.01. The van der Waals surface area contributed by atoms with E-state index in [1.165, 1.54) is 25.0 Å². The Morgan fingerprint density at radius 2 is 2.47 bits per heavy atom. The van der Waals surface area contributed by atoms with E-state index in [1.807, 2.05) is 11.8 Å². The third-order valence-corrected chi connectivity index (χ3v) is 3.98. The molecule has 0 bridgehead atoms. The Hall–Kier alpha value is -0.910. The monoisotopic (exact) mass is 227 g/mol. The van der Waals surface area contributed by atoms with Gasteiger partial charge < -0.3 is 11.1 Å². The number of aromatic nitrogens is 3. The Morgan fingerprint density at radius 1 is 1.60 bits per heavy atom. The molecule has 1 aromatic heterocycles. The van der Waals surface area contributed by atoms with Gasteiger partial charge in [-0.1, -0.05) is 13.3 Å². The van der Waals surface area contributed by atoms with Crippen LogP contribution in [0.25, 0.3) is 0 Å². The number of anilines is 2. The second-order valence-corrected chi connectivity index (χ2v) is 5.24. The number of thioether (sulfide) groups is 1. The molecule has 5 nitrogen and oxygen atoms in total. The molecule has 1 aromatic rings.